The third kappa shape index (κ3) is 4.83. The fourth-order valence-electron chi connectivity index (χ4n) is 4.01. The van der Waals surface area contributed by atoms with E-state index in [9.17, 15) is 14.7 Å². The van der Waals surface area contributed by atoms with Crippen LogP contribution in [-0.2, 0) is 11.2 Å². The normalized spacial score (nSPS) is 19.0. The number of hydrogen-bond donors (Lipinski definition) is 1. The molecule has 0 saturated heterocycles. The highest BCUT2D eigenvalue weighted by Crippen LogP contribution is 2.35. The molecule has 1 aliphatic carbocycles. The number of amides is 1. The Kier molecular flexibility index (Phi) is 6.80. The summed E-state index contributed by atoms with van der Waals surface area (Å²) in [6.45, 7) is 8.11. The van der Waals surface area contributed by atoms with Crippen LogP contribution in [0, 0.1) is 11.8 Å². The van der Waals surface area contributed by atoms with E-state index in [1.807, 2.05) is 38.1 Å². The second-order valence-corrected chi connectivity index (χ2v) is 8.41. The predicted octanol–water partition coefficient (Wildman–Crippen LogP) is 5.06. The van der Waals surface area contributed by atoms with Crippen molar-refractivity contribution in [2.24, 2.45) is 11.8 Å². The van der Waals surface area contributed by atoms with Gasteiger partial charge in [0, 0.05) is 12.0 Å². The maximum absolute atomic E-state index is 13.4. The summed E-state index contributed by atoms with van der Waals surface area (Å²) in [5.74, 6) is 0.857. The Morgan fingerprint density at radius 3 is 2.37 bits per heavy atom. The third-order valence-corrected chi connectivity index (χ3v) is 5.82. The van der Waals surface area contributed by atoms with Gasteiger partial charge in [0.1, 0.15) is 0 Å². The second kappa shape index (κ2) is 9.32. The average molecular weight is 414 g/mol. The van der Waals surface area contributed by atoms with Crippen molar-refractivity contribution in [2.75, 3.05) is 4.90 Å². The van der Waals surface area contributed by atoms with Crippen molar-refractivity contribution < 1.29 is 19.4 Å². The number of benzene rings is 1. The first kappa shape index (κ1) is 21.9. The fraction of sp³-hybridized carbons (Fsp3) is 0.522. The molecular weight excluding hydrogens is 382 g/mol. The summed E-state index contributed by atoms with van der Waals surface area (Å²) in [5, 5.41) is 13.8. The van der Waals surface area contributed by atoms with E-state index in [0.717, 1.165) is 37.8 Å². The second-order valence-electron chi connectivity index (χ2n) is 8.41. The quantitative estimate of drug-likeness (QED) is 0.669. The molecule has 0 aliphatic heterocycles. The number of carbonyl (C=O) groups is 2. The lowest BCUT2D eigenvalue weighted by Gasteiger charge is -2.32. The van der Waals surface area contributed by atoms with Gasteiger partial charge in [-0.15, -0.1) is 5.10 Å². The summed E-state index contributed by atoms with van der Waals surface area (Å²) in [6.07, 6.45) is 4.76. The van der Waals surface area contributed by atoms with Gasteiger partial charge in [0.05, 0.1) is 11.9 Å². The lowest BCUT2D eigenvalue weighted by atomic mass is 9.82. The molecular formula is C23H31N3O4. The molecule has 0 atom stereocenters. The van der Waals surface area contributed by atoms with Crippen LogP contribution >= 0.6 is 0 Å². The average Bonchev–Trinajstić information content (AvgIpc) is 3.11. The summed E-state index contributed by atoms with van der Waals surface area (Å²) in [5.41, 5.74) is 1.97. The third-order valence-electron chi connectivity index (χ3n) is 5.82. The first-order valence-corrected chi connectivity index (χ1v) is 10.7. The van der Waals surface area contributed by atoms with Crippen LogP contribution in [0.25, 0.3) is 5.69 Å². The van der Waals surface area contributed by atoms with E-state index in [4.69, 9.17) is 4.74 Å². The summed E-state index contributed by atoms with van der Waals surface area (Å²) in [7, 11) is 0. The van der Waals surface area contributed by atoms with Gasteiger partial charge in [-0.1, -0.05) is 26.0 Å². The molecule has 3 rings (SSSR count). The van der Waals surface area contributed by atoms with Gasteiger partial charge in [0.25, 0.3) is 0 Å². The van der Waals surface area contributed by atoms with Gasteiger partial charge in [0.2, 0.25) is 11.7 Å². The number of nitrogens with zero attached hydrogens (tertiary/aromatic N) is 3. The molecule has 2 aromatic rings. The van der Waals surface area contributed by atoms with Gasteiger partial charge >= 0.3 is 6.16 Å². The Hall–Kier alpha value is -2.83. The Bertz CT molecular complexity index is 880. The topological polar surface area (TPSA) is 84.7 Å². The molecule has 7 nitrogen and oxygen atoms in total. The maximum Gasteiger partial charge on any atom is 0.511 e. The summed E-state index contributed by atoms with van der Waals surface area (Å²) in [4.78, 5) is 26.3. The van der Waals surface area contributed by atoms with Gasteiger partial charge in [-0.25, -0.2) is 9.48 Å². The lowest BCUT2D eigenvalue weighted by molar-refractivity contribution is -0.124. The molecule has 1 amide bonds. The first-order valence-electron chi connectivity index (χ1n) is 10.7. The Labute approximate surface area is 177 Å². The molecule has 0 bridgehead atoms. The van der Waals surface area contributed by atoms with Gasteiger partial charge in [-0.2, -0.15) is 0 Å². The van der Waals surface area contributed by atoms with Gasteiger partial charge in [-0.05, 0) is 69.6 Å². The highest BCUT2D eigenvalue weighted by Gasteiger charge is 2.34. The molecule has 0 radical (unpaired) electrons. The SMILES string of the molecule is CCc1ccc(-n2cc(OC(=O)O)c(N(C(=O)C3CCC(C)CC3)C(C)C)n2)cc1. The molecule has 30 heavy (non-hydrogen) atoms. The number of carboxylic acid groups (broad SMARTS) is 1. The summed E-state index contributed by atoms with van der Waals surface area (Å²) in [6, 6.07) is 7.67. The molecule has 1 fully saturated rings. The van der Waals surface area contributed by atoms with Gasteiger partial charge in [0.15, 0.2) is 5.75 Å². The molecule has 1 aromatic carbocycles. The van der Waals surface area contributed by atoms with Gasteiger partial charge < -0.3 is 9.84 Å². The molecule has 1 aromatic heterocycles. The number of ether oxygens (including phenoxy) is 1. The Morgan fingerprint density at radius 1 is 1.20 bits per heavy atom. The zero-order valence-corrected chi connectivity index (χ0v) is 18.2. The van der Waals surface area contributed by atoms with Gasteiger partial charge in [-0.3, -0.25) is 9.69 Å². The zero-order valence-electron chi connectivity index (χ0n) is 18.2. The first-order chi connectivity index (χ1) is 14.3. The number of carbonyl (C=O) groups excluding carboxylic acids is 1. The molecule has 1 heterocycles. The fourth-order valence-corrected chi connectivity index (χ4v) is 4.01. The highest BCUT2D eigenvalue weighted by molar-refractivity contribution is 5.96. The van der Waals surface area contributed by atoms with E-state index in [-0.39, 0.29) is 29.4 Å². The smallest absolute Gasteiger partial charge is 0.449 e. The van der Waals surface area contributed by atoms with Crippen molar-refractivity contribution in [3.8, 4) is 11.4 Å². The van der Waals surface area contributed by atoms with Crippen molar-refractivity contribution in [1.29, 1.82) is 0 Å². The molecule has 0 spiro atoms. The molecule has 162 valence electrons. The molecule has 1 aliphatic rings. The lowest BCUT2D eigenvalue weighted by Crippen LogP contribution is -2.42. The van der Waals surface area contributed by atoms with Crippen LogP contribution in [0.2, 0.25) is 0 Å². The number of aromatic nitrogens is 2. The Balaban J connectivity index is 1.97. The largest absolute Gasteiger partial charge is 0.511 e. The molecule has 7 heteroatoms. The van der Waals surface area contributed by atoms with Crippen molar-refractivity contribution in [1.82, 2.24) is 9.78 Å². The highest BCUT2D eigenvalue weighted by atomic mass is 16.7. The molecule has 1 saturated carbocycles. The minimum absolute atomic E-state index is 0.0151. The number of aryl methyl sites for hydroxylation is 1. The van der Waals surface area contributed by atoms with E-state index in [0.29, 0.717) is 5.92 Å². The van der Waals surface area contributed by atoms with Crippen LogP contribution in [0.4, 0.5) is 10.6 Å². The number of hydrogen-bond acceptors (Lipinski definition) is 4. The summed E-state index contributed by atoms with van der Waals surface area (Å²) >= 11 is 0. The maximum atomic E-state index is 13.4. The minimum atomic E-state index is -1.43. The van der Waals surface area contributed by atoms with Crippen molar-refractivity contribution in [2.45, 2.75) is 65.8 Å². The van der Waals surface area contributed by atoms with Crippen LogP contribution in [0.5, 0.6) is 5.75 Å². The van der Waals surface area contributed by atoms with Crippen molar-refractivity contribution in [3.05, 3.63) is 36.0 Å². The van der Waals surface area contributed by atoms with Crippen LogP contribution in [0.3, 0.4) is 0 Å². The number of anilines is 1. The van der Waals surface area contributed by atoms with E-state index in [1.165, 1.54) is 11.8 Å². The Morgan fingerprint density at radius 2 is 1.83 bits per heavy atom. The van der Waals surface area contributed by atoms with E-state index in [2.05, 4.69) is 18.9 Å². The minimum Gasteiger partial charge on any atom is -0.449 e. The van der Waals surface area contributed by atoms with E-state index < -0.39 is 6.16 Å². The van der Waals surface area contributed by atoms with E-state index >= 15 is 0 Å². The van der Waals surface area contributed by atoms with Crippen LogP contribution in [0.15, 0.2) is 30.5 Å². The van der Waals surface area contributed by atoms with Crippen LogP contribution < -0.4 is 9.64 Å². The van der Waals surface area contributed by atoms with Crippen LogP contribution in [0.1, 0.15) is 58.9 Å². The zero-order chi connectivity index (χ0) is 21.8. The van der Waals surface area contributed by atoms with Crippen molar-refractivity contribution >= 4 is 17.9 Å². The van der Waals surface area contributed by atoms with E-state index in [1.54, 1.807) is 9.58 Å². The predicted molar refractivity (Wildman–Crippen MR) is 115 cm³/mol. The number of rotatable bonds is 6. The monoisotopic (exact) mass is 413 g/mol. The van der Waals surface area contributed by atoms with Crippen molar-refractivity contribution in [3.63, 3.8) is 0 Å². The summed E-state index contributed by atoms with van der Waals surface area (Å²) < 4.78 is 6.59. The standard InChI is InChI=1S/C23H31N3O4/c1-5-17-8-12-19(13-9-17)25-14-20(30-23(28)29)21(24-25)26(15(2)3)22(27)18-10-6-16(4)7-11-18/h8-9,12-16,18H,5-7,10-11H2,1-4H3,(H,28,29). The van der Waals surface area contributed by atoms with Crippen LogP contribution in [-0.4, -0.2) is 33.0 Å². The molecule has 0 unspecified atom stereocenters. The molecule has 1 N–H and O–H groups in total.